The average molecular weight is 479 g/mol. The Morgan fingerprint density at radius 3 is 2.50 bits per heavy atom. The molecule has 0 N–H and O–H groups in total. The van der Waals surface area contributed by atoms with E-state index in [1.807, 2.05) is 13.8 Å². The fourth-order valence-electron chi connectivity index (χ4n) is 4.64. The van der Waals surface area contributed by atoms with E-state index in [-0.39, 0.29) is 35.4 Å². The molecule has 1 unspecified atom stereocenters. The molecule has 0 radical (unpaired) electrons. The molecule has 9 heteroatoms. The van der Waals surface area contributed by atoms with Crippen molar-refractivity contribution < 1.29 is 36.9 Å². The molecule has 0 aromatic heterocycles. The molecule has 1 fully saturated rings. The van der Waals surface area contributed by atoms with Crippen LogP contribution in [-0.2, 0) is 4.74 Å². The SMILES string of the molecule is COc1cc(C(=O)N2CCC3(CC2)CC(OC(C)C)c2cc(F)ccc2O3)ccc1OC(F)F. The van der Waals surface area contributed by atoms with Crippen LogP contribution in [0.25, 0.3) is 0 Å². The van der Waals surface area contributed by atoms with Crippen LogP contribution in [0.4, 0.5) is 13.2 Å². The van der Waals surface area contributed by atoms with Gasteiger partial charge in [0.25, 0.3) is 5.91 Å². The molecule has 1 atom stereocenters. The van der Waals surface area contributed by atoms with Crippen molar-refractivity contribution in [3.8, 4) is 17.2 Å². The van der Waals surface area contributed by atoms with Crippen molar-refractivity contribution in [3.05, 3.63) is 53.3 Å². The van der Waals surface area contributed by atoms with Crippen LogP contribution in [0.2, 0.25) is 0 Å². The van der Waals surface area contributed by atoms with Crippen LogP contribution in [-0.4, -0.2) is 49.3 Å². The maximum atomic E-state index is 13.9. The van der Waals surface area contributed by atoms with Crippen molar-refractivity contribution in [1.82, 2.24) is 4.90 Å². The molecule has 0 saturated carbocycles. The summed E-state index contributed by atoms with van der Waals surface area (Å²) in [6.07, 6.45) is 1.39. The smallest absolute Gasteiger partial charge is 0.387 e. The van der Waals surface area contributed by atoms with E-state index in [9.17, 15) is 18.0 Å². The van der Waals surface area contributed by atoms with Gasteiger partial charge in [0, 0.05) is 43.5 Å². The van der Waals surface area contributed by atoms with E-state index >= 15 is 0 Å². The predicted molar refractivity (Wildman–Crippen MR) is 118 cm³/mol. The first-order chi connectivity index (χ1) is 16.2. The number of amides is 1. The van der Waals surface area contributed by atoms with Gasteiger partial charge in [-0.15, -0.1) is 0 Å². The number of hydrogen-bond donors (Lipinski definition) is 0. The van der Waals surface area contributed by atoms with E-state index in [1.165, 1.54) is 37.4 Å². The first kappa shape index (κ1) is 24.2. The van der Waals surface area contributed by atoms with E-state index in [4.69, 9.17) is 14.2 Å². The quantitative estimate of drug-likeness (QED) is 0.559. The molecule has 1 amide bonds. The van der Waals surface area contributed by atoms with Crippen LogP contribution >= 0.6 is 0 Å². The van der Waals surface area contributed by atoms with Gasteiger partial charge in [-0.1, -0.05) is 0 Å². The number of carbonyl (C=O) groups excluding carboxylic acids is 1. The number of ether oxygens (including phenoxy) is 4. The number of fused-ring (bicyclic) bond motifs is 1. The third kappa shape index (κ3) is 5.09. The Hall–Kier alpha value is -2.94. The van der Waals surface area contributed by atoms with E-state index in [0.717, 1.165) is 0 Å². The van der Waals surface area contributed by atoms with E-state index in [2.05, 4.69) is 4.74 Å². The highest BCUT2D eigenvalue weighted by molar-refractivity contribution is 5.95. The lowest BCUT2D eigenvalue weighted by Gasteiger charge is -2.47. The van der Waals surface area contributed by atoms with Gasteiger partial charge in [-0.05, 0) is 50.2 Å². The number of methoxy groups -OCH3 is 1. The van der Waals surface area contributed by atoms with Gasteiger partial charge in [-0.2, -0.15) is 8.78 Å². The summed E-state index contributed by atoms with van der Waals surface area (Å²) in [5.41, 5.74) is 0.505. The summed E-state index contributed by atoms with van der Waals surface area (Å²) >= 11 is 0. The number of carbonyl (C=O) groups is 1. The minimum Gasteiger partial charge on any atom is -0.493 e. The molecule has 2 heterocycles. The Morgan fingerprint density at radius 2 is 1.85 bits per heavy atom. The Bertz CT molecular complexity index is 1040. The Balaban J connectivity index is 1.48. The molecule has 1 saturated heterocycles. The number of benzene rings is 2. The molecule has 34 heavy (non-hydrogen) atoms. The van der Waals surface area contributed by atoms with Crippen LogP contribution in [0, 0.1) is 5.82 Å². The fraction of sp³-hybridized carbons (Fsp3) is 0.480. The van der Waals surface area contributed by atoms with Crippen molar-refractivity contribution in [2.75, 3.05) is 20.2 Å². The van der Waals surface area contributed by atoms with Gasteiger partial charge in [0.2, 0.25) is 0 Å². The normalized spacial score (nSPS) is 19.2. The zero-order valence-corrected chi connectivity index (χ0v) is 19.4. The van der Waals surface area contributed by atoms with E-state index in [1.54, 1.807) is 11.0 Å². The predicted octanol–water partition coefficient (Wildman–Crippen LogP) is 5.36. The first-order valence-electron chi connectivity index (χ1n) is 11.3. The highest BCUT2D eigenvalue weighted by Crippen LogP contribution is 2.46. The second-order valence-electron chi connectivity index (χ2n) is 8.88. The number of hydrogen-bond acceptors (Lipinski definition) is 5. The molecule has 2 aromatic carbocycles. The van der Waals surface area contributed by atoms with Crippen LogP contribution in [0.3, 0.4) is 0 Å². The zero-order valence-electron chi connectivity index (χ0n) is 19.4. The number of alkyl halides is 2. The molecule has 0 aliphatic carbocycles. The minimum atomic E-state index is -2.99. The average Bonchev–Trinajstić information content (AvgIpc) is 2.79. The minimum absolute atomic E-state index is 0.0371. The lowest BCUT2D eigenvalue weighted by Crippen LogP contribution is -2.52. The summed E-state index contributed by atoms with van der Waals surface area (Å²) in [4.78, 5) is 14.8. The molecule has 184 valence electrons. The van der Waals surface area contributed by atoms with Gasteiger partial charge in [-0.25, -0.2) is 4.39 Å². The number of likely N-dealkylation sites (tertiary alicyclic amines) is 1. The summed E-state index contributed by atoms with van der Waals surface area (Å²) in [6.45, 7) is 1.78. The molecule has 0 bridgehead atoms. The highest BCUT2D eigenvalue weighted by atomic mass is 19.3. The largest absolute Gasteiger partial charge is 0.493 e. The van der Waals surface area contributed by atoms with Crippen molar-refractivity contribution >= 4 is 5.91 Å². The van der Waals surface area contributed by atoms with Crippen molar-refractivity contribution in [3.63, 3.8) is 0 Å². The second-order valence-corrected chi connectivity index (χ2v) is 8.88. The lowest BCUT2D eigenvalue weighted by molar-refractivity contribution is -0.0873. The third-order valence-electron chi connectivity index (χ3n) is 6.23. The molecule has 2 aliphatic heterocycles. The Morgan fingerprint density at radius 1 is 1.12 bits per heavy atom. The summed E-state index contributed by atoms with van der Waals surface area (Å²) in [5, 5.41) is 0. The molecule has 4 rings (SSSR count). The molecular weight excluding hydrogens is 451 g/mol. The first-order valence-corrected chi connectivity index (χ1v) is 11.3. The van der Waals surface area contributed by atoms with Crippen LogP contribution in [0.1, 0.15) is 55.1 Å². The van der Waals surface area contributed by atoms with Crippen molar-refractivity contribution in [2.45, 2.75) is 57.5 Å². The number of rotatable bonds is 6. The van der Waals surface area contributed by atoms with Crippen LogP contribution in [0.5, 0.6) is 17.2 Å². The van der Waals surface area contributed by atoms with E-state index < -0.39 is 12.2 Å². The number of halogens is 3. The topological polar surface area (TPSA) is 57.2 Å². The lowest BCUT2D eigenvalue weighted by atomic mass is 9.81. The van der Waals surface area contributed by atoms with Gasteiger partial charge in [-0.3, -0.25) is 4.79 Å². The Labute approximate surface area is 196 Å². The van der Waals surface area contributed by atoms with Gasteiger partial charge in [0.05, 0.1) is 19.3 Å². The van der Waals surface area contributed by atoms with Gasteiger partial charge < -0.3 is 23.8 Å². The second kappa shape index (κ2) is 9.74. The molecule has 2 aliphatic rings. The van der Waals surface area contributed by atoms with Gasteiger partial charge in [0.15, 0.2) is 11.5 Å². The maximum absolute atomic E-state index is 13.9. The van der Waals surface area contributed by atoms with E-state index in [0.29, 0.717) is 49.2 Å². The van der Waals surface area contributed by atoms with Gasteiger partial charge in [0.1, 0.15) is 17.2 Å². The van der Waals surface area contributed by atoms with Crippen molar-refractivity contribution in [1.29, 1.82) is 0 Å². The Kier molecular flexibility index (Phi) is 6.93. The molecular formula is C25H28F3NO5. The monoisotopic (exact) mass is 479 g/mol. The summed E-state index contributed by atoms with van der Waals surface area (Å²) < 4.78 is 61.0. The standard InChI is InChI=1S/C25H28F3NO5/c1-15(2)32-22-14-25(34-19-7-5-17(26)13-18(19)22)8-10-29(11-9-25)23(30)16-4-6-20(33-24(27)28)21(12-16)31-3/h4-7,12-13,15,22,24H,8-11,14H2,1-3H3. The highest BCUT2D eigenvalue weighted by Gasteiger charge is 2.45. The van der Waals surface area contributed by atoms with Crippen LogP contribution < -0.4 is 14.2 Å². The maximum Gasteiger partial charge on any atom is 0.387 e. The fourth-order valence-corrected chi connectivity index (χ4v) is 4.64. The van der Waals surface area contributed by atoms with Crippen LogP contribution in [0.15, 0.2) is 36.4 Å². The molecule has 1 spiro atoms. The van der Waals surface area contributed by atoms with Crippen molar-refractivity contribution in [2.24, 2.45) is 0 Å². The summed E-state index contributed by atoms with van der Waals surface area (Å²) in [5.74, 6) is -0.0276. The van der Waals surface area contributed by atoms with Gasteiger partial charge >= 0.3 is 6.61 Å². The summed E-state index contributed by atoms with van der Waals surface area (Å²) in [6, 6.07) is 8.62. The summed E-state index contributed by atoms with van der Waals surface area (Å²) in [7, 11) is 1.33. The number of nitrogens with zero attached hydrogens (tertiary/aromatic N) is 1. The molecule has 6 nitrogen and oxygen atoms in total. The molecule has 2 aromatic rings. The number of piperidine rings is 1. The third-order valence-corrected chi connectivity index (χ3v) is 6.23. The zero-order chi connectivity index (χ0) is 24.5.